The Bertz CT molecular complexity index is 728. The lowest BCUT2D eigenvalue weighted by atomic mass is 10.3. The topological polar surface area (TPSA) is 76.5 Å². The second-order valence-corrected chi connectivity index (χ2v) is 3.62. The molecule has 3 aromatic heterocycles. The van der Waals surface area contributed by atoms with Crippen molar-refractivity contribution in [3.8, 4) is 5.82 Å². The fourth-order valence-electron chi connectivity index (χ4n) is 1.76. The molecule has 17 heavy (non-hydrogen) atoms. The first kappa shape index (κ1) is 9.71. The molecule has 0 aliphatic heterocycles. The fourth-order valence-corrected chi connectivity index (χ4v) is 1.76. The van der Waals surface area contributed by atoms with E-state index in [1.165, 1.54) is 6.33 Å². The fraction of sp³-hybridized carbons (Fsp3) is 0.0909. The van der Waals surface area contributed by atoms with Crippen LogP contribution in [-0.4, -0.2) is 24.7 Å². The van der Waals surface area contributed by atoms with E-state index < -0.39 is 0 Å². The van der Waals surface area contributed by atoms with Gasteiger partial charge < -0.3 is 4.98 Å². The number of rotatable bonds is 1. The van der Waals surface area contributed by atoms with Crippen LogP contribution < -0.4 is 5.56 Å². The summed E-state index contributed by atoms with van der Waals surface area (Å²) in [7, 11) is 0. The van der Waals surface area contributed by atoms with E-state index in [4.69, 9.17) is 0 Å². The summed E-state index contributed by atoms with van der Waals surface area (Å²) in [5, 5.41) is 4.79. The van der Waals surface area contributed by atoms with Crippen molar-refractivity contribution in [2.24, 2.45) is 0 Å². The summed E-state index contributed by atoms with van der Waals surface area (Å²) in [6.07, 6.45) is 3.04. The summed E-state index contributed by atoms with van der Waals surface area (Å²) < 4.78 is 1.57. The second kappa shape index (κ2) is 3.51. The first-order valence-corrected chi connectivity index (χ1v) is 5.12. The number of fused-ring (bicyclic) bond motifs is 1. The van der Waals surface area contributed by atoms with Gasteiger partial charge in [-0.25, -0.2) is 9.97 Å². The Morgan fingerprint density at radius 3 is 2.94 bits per heavy atom. The van der Waals surface area contributed by atoms with Gasteiger partial charge in [0.05, 0.1) is 12.0 Å². The van der Waals surface area contributed by atoms with Crippen molar-refractivity contribution in [1.82, 2.24) is 24.7 Å². The maximum absolute atomic E-state index is 11.7. The van der Waals surface area contributed by atoms with E-state index in [0.717, 1.165) is 0 Å². The van der Waals surface area contributed by atoms with Crippen LogP contribution in [0.3, 0.4) is 0 Å². The summed E-state index contributed by atoms with van der Waals surface area (Å²) in [6.45, 7) is 1.78. The van der Waals surface area contributed by atoms with Gasteiger partial charge >= 0.3 is 0 Å². The highest BCUT2D eigenvalue weighted by Crippen LogP contribution is 2.14. The van der Waals surface area contributed by atoms with Crippen LogP contribution in [0.1, 0.15) is 5.69 Å². The molecule has 6 nitrogen and oxygen atoms in total. The van der Waals surface area contributed by atoms with Crippen molar-refractivity contribution in [3.63, 3.8) is 0 Å². The molecule has 6 heteroatoms. The molecule has 3 rings (SSSR count). The lowest BCUT2D eigenvalue weighted by molar-refractivity contribution is 0.846. The third kappa shape index (κ3) is 1.42. The summed E-state index contributed by atoms with van der Waals surface area (Å²) in [5.74, 6) is 0.642. The van der Waals surface area contributed by atoms with E-state index in [9.17, 15) is 4.79 Å². The number of aromatic nitrogens is 5. The molecule has 0 aliphatic carbocycles. The SMILES string of the molecule is Cc1nn(-c2ccccn2)c2nc[nH]c(=O)c12. The number of aromatic amines is 1. The van der Waals surface area contributed by atoms with Crippen LogP contribution in [0, 0.1) is 6.92 Å². The molecular weight excluding hydrogens is 218 g/mol. The highest BCUT2D eigenvalue weighted by atomic mass is 16.1. The number of nitrogens with one attached hydrogen (secondary N) is 1. The monoisotopic (exact) mass is 227 g/mol. The molecule has 0 saturated heterocycles. The minimum Gasteiger partial charge on any atom is -0.312 e. The van der Waals surface area contributed by atoms with Gasteiger partial charge in [-0.05, 0) is 19.1 Å². The average molecular weight is 227 g/mol. The molecular formula is C11H9N5O. The largest absolute Gasteiger partial charge is 0.312 e. The van der Waals surface area contributed by atoms with Crippen LogP contribution in [0.4, 0.5) is 0 Å². The number of hydrogen-bond donors (Lipinski definition) is 1. The van der Waals surface area contributed by atoms with Gasteiger partial charge in [-0.3, -0.25) is 4.79 Å². The molecule has 0 saturated carbocycles. The number of aryl methyl sites for hydroxylation is 1. The smallest absolute Gasteiger partial charge is 0.262 e. The molecule has 0 unspecified atom stereocenters. The quantitative estimate of drug-likeness (QED) is 0.667. The number of nitrogens with zero attached hydrogens (tertiary/aromatic N) is 4. The molecule has 0 radical (unpaired) electrons. The minimum absolute atomic E-state index is 0.185. The van der Waals surface area contributed by atoms with Gasteiger partial charge in [0.1, 0.15) is 5.39 Å². The zero-order valence-electron chi connectivity index (χ0n) is 9.08. The highest BCUT2D eigenvalue weighted by molar-refractivity contribution is 5.78. The van der Waals surface area contributed by atoms with E-state index in [-0.39, 0.29) is 5.56 Å². The molecule has 0 aliphatic rings. The molecule has 1 N–H and O–H groups in total. The molecule has 0 atom stereocenters. The Morgan fingerprint density at radius 2 is 2.18 bits per heavy atom. The normalized spacial score (nSPS) is 10.9. The zero-order chi connectivity index (χ0) is 11.8. The Balaban J connectivity index is 2.40. The van der Waals surface area contributed by atoms with E-state index in [2.05, 4.69) is 20.1 Å². The van der Waals surface area contributed by atoms with E-state index in [1.54, 1.807) is 17.8 Å². The molecule has 0 fully saturated rings. The van der Waals surface area contributed by atoms with Gasteiger partial charge in [-0.15, -0.1) is 0 Å². The van der Waals surface area contributed by atoms with Gasteiger partial charge in [0, 0.05) is 6.20 Å². The van der Waals surface area contributed by atoms with Crippen molar-refractivity contribution in [2.45, 2.75) is 6.92 Å². The van der Waals surface area contributed by atoms with Crippen LogP contribution >= 0.6 is 0 Å². The molecule has 0 spiro atoms. The Labute approximate surface area is 96.0 Å². The third-order valence-electron chi connectivity index (χ3n) is 2.51. The summed E-state index contributed by atoms with van der Waals surface area (Å²) in [6, 6.07) is 5.50. The third-order valence-corrected chi connectivity index (χ3v) is 2.51. The van der Waals surface area contributed by atoms with Gasteiger partial charge in [0.25, 0.3) is 5.56 Å². The van der Waals surface area contributed by atoms with Crippen molar-refractivity contribution in [3.05, 3.63) is 46.8 Å². The van der Waals surface area contributed by atoms with Crippen LogP contribution in [0.5, 0.6) is 0 Å². The van der Waals surface area contributed by atoms with Crippen LogP contribution in [0.15, 0.2) is 35.5 Å². The van der Waals surface area contributed by atoms with E-state index in [0.29, 0.717) is 22.5 Å². The van der Waals surface area contributed by atoms with Crippen molar-refractivity contribution < 1.29 is 0 Å². The second-order valence-electron chi connectivity index (χ2n) is 3.62. The van der Waals surface area contributed by atoms with Gasteiger partial charge in [-0.1, -0.05) is 6.07 Å². The lowest BCUT2D eigenvalue weighted by Gasteiger charge is -1.99. The molecule has 3 heterocycles. The first-order chi connectivity index (χ1) is 8.27. The van der Waals surface area contributed by atoms with E-state index in [1.807, 2.05) is 18.2 Å². The number of hydrogen-bond acceptors (Lipinski definition) is 4. The van der Waals surface area contributed by atoms with E-state index >= 15 is 0 Å². The van der Waals surface area contributed by atoms with Crippen molar-refractivity contribution in [1.29, 1.82) is 0 Å². The predicted molar refractivity (Wildman–Crippen MR) is 62.0 cm³/mol. The standard InChI is InChI=1S/C11H9N5O/c1-7-9-10(13-6-14-11(9)17)16(15-7)8-4-2-3-5-12-8/h2-6H,1H3,(H,13,14,17). The molecule has 0 bridgehead atoms. The average Bonchev–Trinajstić information content (AvgIpc) is 2.69. The van der Waals surface area contributed by atoms with Crippen LogP contribution in [0.2, 0.25) is 0 Å². The first-order valence-electron chi connectivity index (χ1n) is 5.12. The highest BCUT2D eigenvalue weighted by Gasteiger charge is 2.13. The Kier molecular flexibility index (Phi) is 2.01. The molecule has 84 valence electrons. The zero-order valence-corrected chi connectivity index (χ0v) is 9.08. The molecule has 0 aromatic carbocycles. The van der Waals surface area contributed by atoms with Crippen LogP contribution in [0.25, 0.3) is 16.9 Å². The summed E-state index contributed by atoms with van der Waals surface area (Å²) in [5.41, 5.74) is 0.972. The maximum atomic E-state index is 11.7. The van der Waals surface area contributed by atoms with Gasteiger partial charge in [0.2, 0.25) is 0 Å². The Hall–Kier alpha value is -2.50. The minimum atomic E-state index is -0.185. The maximum Gasteiger partial charge on any atom is 0.262 e. The van der Waals surface area contributed by atoms with Crippen molar-refractivity contribution in [2.75, 3.05) is 0 Å². The Morgan fingerprint density at radius 1 is 1.29 bits per heavy atom. The lowest BCUT2D eigenvalue weighted by Crippen LogP contribution is -2.07. The van der Waals surface area contributed by atoms with Crippen molar-refractivity contribution >= 4 is 11.0 Å². The van der Waals surface area contributed by atoms with Crippen LogP contribution in [-0.2, 0) is 0 Å². The number of pyridine rings is 1. The van der Waals surface area contributed by atoms with Gasteiger partial charge in [-0.2, -0.15) is 9.78 Å². The summed E-state index contributed by atoms with van der Waals surface area (Å²) in [4.78, 5) is 22.5. The predicted octanol–water partition coefficient (Wildman–Crippen LogP) is 0.812. The number of H-pyrrole nitrogens is 1. The summed E-state index contributed by atoms with van der Waals surface area (Å²) >= 11 is 0. The molecule has 3 aromatic rings. The molecule has 0 amide bonds. The van der Waals surface area contributed by atoms with Gasteiger partial charge in [0.15, 0.2) is 11.5 Å².